The molecule has 1 amide bonds. The number of carbonyl (C=O) groups excluding carboxylic acids is 1. The molecule has 2 rings (SSSR count). The van der Waals surface area contributed by atoms with Crippen LogP contribution in [0, 0.1) is 5.41 Å². The van der Waals surface area contributed by atoms with Crippen molar-refractivity contribution in [2.75, 3.05) is 27.2 Å². The average molecular weight is 391 g/mol. The first-order valence-electron chi connectivity index (χ1n) is 9.82. The lowest BCUT2D eigenvalue weighted by molar-refractivity contribution is 0.0918. The fourth-order valence-corrected chi connectivity index (χ4v) is 3.99. The van der Waals surface area contributed by atoms with Gasteiger partial charge in [0.05, 0.1) is 0 Å². The molecule has 1 saturated carbocycles. The normalized spacial score (nSPS) is 20.2. The van der Waals surface area contributed by atoms with Crippen LogP contribution in [0.15, 0.2) is 30.3 Å². The van der Waals surface area contributed by atoms with Gasteiger partial charge in [-0.25, -0.2) is 0 Å². The van der Waals surface area contributed by atoms with E-state index in [0.717, 1.165) is 38.8 Å². The highest BCUT2D eigenvalue weighted by molar-refractivity contribution is 7.80. The molecule has 1 aliphatic carbocycles. The van der Waals surface area contributed by atoms with Crippen LogP contribution in [0.25, 0.3) is 0 Å². The highest BCUT2D eigenvalue weighted by Crippen LogP contribution is 2.19. The second-order valence-electron chi connectivity index (χ2n) is 8.57. The molecule has 1 aromatic carbocycles. The van der Waals surface area contributed by atoms with Gasteiger partial charge >= 0.3 is 0 Å². The first kappa shape index (κ1) is 21.6. The molecule has 0 aliphatic heterocycles. The molecule has 1 aromatic rings. The van der Waals surface area contributed by atoms with Crippen LogP contribution in [0.2, 0.25) is 0 Å². The highest BCUT2D eigenvalue weighted by Gasteiger charge is 2.28. The van der Waals surface area contributed by atoms with Crippen molar-refractivity contribution in [2.45, 2.75) is 51.6 Å². The Hall–Kier alpha value is -1.66. The van der Waals surface area contributed by atoms with Crippen LogP contribution in [0.1, 0.15) is 49.9 Å². The number of rotatable bonds is 7. The van der Waals surface area contributed by atoms with Gasteiger partial charge in [0.1, 0.15) is 0 Å². The van der Waals surface area contributed by atoms with E-state index in [0.29, 0.717) is 10.7 Å². The van der Waals surface area contributed by atoms with E-state index >= 15 is 0 Å². The van der Waals surface area contributed by atoms with Crippen LogP contribution in [0.3, 0.4) is 0 Å². The first-order chi connectivity index (χ1) is 12.8. The molecule has 0 heterocycles. The molecule has 2 atom stereocenters. The molecule has 0 radical (unpaired) electrons. The summed E-state index contributed by atoms with van der Waals surface area (Å²) in [5.41, 5.74) is 0.830. The Morgan fingerprint density at radius 1 is 1.11 bits per heavy atom. The van der Waals surface area contributed by atoms with Gasteiger partial charge in [-0.1, -0.05) is 44.9 Å². The number of amides is 1. The van der Waals surface area contributed by atoms with Gasteiger partial charge in [-0.2, -0.15) is 0 Å². The van der Waals surface area contributed by atoms with E-state index in [1.807, 2.05) is 30.3 Å². The highest BCUT2D eigenvalue weighted by atomic mass is 32.1. The molecular weight excluding hydrogens is 356 g/mol. The third-order valence-electron chi connectivity index (χ3n) is 4.91. The average Bonchev–Trinajstić information content (AvgIpc) is 2.61. The Bertz CT molecular complexity index is 618. The van der Waals surface area contributed by atoms with Crippen molar-refractivity contribution >= 4 is 23.2 Å². The molecular formula is C21H34N4OS. The quantitative estimate of drug-likeness (QED) is 0.625. The minimum absolute atomic E-state index is 0.0136. The summed E-state index contributed by atoms with van der Waals surface area (Å²) in [4.78, 5) is 14.7. The summed E-state index contributed by atoms with van der Waals surface area (Å²) < 4.78 is 0. The van der Waals surface area contributed by atoms with Gasteiger partial charge in [-0.3, -0.25) is 4.79 Å². The van der Waals surface area contributed by atoms with Crippen LogP contribution in [0.4, 0.5) is 0 Å². The molecule has 150 valence electrons. The lowest BCUT2D eigenvalue weighted by atomic mass is 9.90. The Balaban J connectivity index is 1.87. The number of carbonyl (C=O) groups is 1. The summed E-state index contributed by atoms with van der Waals surface area (Å²) in [6, 6.07) is 9.66. The Kier molecular flexibility index (Phi) is 8.05. The first-order valence-corrected chi connectivity index (χ1v) is 10.2. The summed E-state index contributed by atoms with van der Waals surface area (Å²) in [6.07, 6.45) is 4.28. The number of nitrogens with one attached hydrogen (secondary N) is 3. The molecule has 0 unspecified atom stereocenters. The van der Waals surface area contributed by atoms with E-state index in [2.05, 4.69) is 48.8 Å². The van der Waals surface area contributed by atoms with Crippen molar-refractivity contribution in [3.63, 3.8) is 0 Å². The molecule has 1 aliphatic rings. The smallest absolute Gasteiger partial charge is 0.251 e. The van der Waals surface area contributed by atoms with Crippen molar-refractivity contribution in [2.24, 2.45) is 5.41 Å². The second-order valence-corrected chi connectivity index (χ2v) is 8.97. The van der Waals surface area contributed by atoms with Crippen molar-refractivity contribution in [1.29, 1.82) is 0 Å². The van der Waals surface area contributed by atoms with E-state index in [4.69, 9.17) is 12.2 Å². The minimum atomic E-state index is -0.0136. The van der Waals surface area contributed by atoms with E-state index in [1.54, 1.807) is 0 Å². The minimum Gasteiger partial charge on any atom is -0.362 e. The standard InChI is InChI=1S/C21H34N4OS/c1-21(2,15-25(3)4)14-22-20(27)24-18-13-9-8-12-17(18)23-19(26)16-10-6-5-7-11-16/h5-7,10-11,17-18H,8-9,12-15H2,1-4H3,(H,23,26)(H2,22,24,27)/t17-,18-/m1/s1. The number of thiocarbonyl (C=S) groups is 1. The van der Waals surface area contributed by atoms with E-state index in [9.17, 15) is 4.79 Å². The zero-order valence-electron chi connectivity index (χ0n) is 17.0. The zero-order valence-corrected chi connectivity index (χ0v) is 17.9. The number of benzene rings is 1. The van der Waals surface area contributed by atoms with Gasteiger partial charge < -0.3 is 20.9 Å². The third-order valence-corrected chi connectivity index (χ3v) is 5.17. The maximum Gasteiger partial charge on any atom is 0.251 e. The predicted molar refractivity (Wildman–Crippen MR) is 116 cm³/mol. The zero-order chi connectivity index (χ0) is 19.9. The maximum absolute atomic E-state index is 12.5. The molecule has 1 fully saturated rings. The number of nitrogens with zero attached hydrogens (tertiary/aromatic N) is 1. The summed E-state index contributed by atoms with van der Waals surface area (Å²) in [5, 5.41) is 10.7. The van der Waals surface area contributed by atoms with E-state index < -0.39 is 0 Å². The lowest BCUT2D eigenvalue weighted by Gasteiger charge is -2.34. The lowest BCUT2D eigenvalue weighted by Crippen LogP contribution is -2.55. The van der Waals surface area contributed by atoms with Crippen LogP contribution in [-0.4, -0.2) is 55.2 Å². The van der Waals surface area contributed by atoms with Gasteiger partial charge in [0.25, 0.3) is 5.91 Å². The van der Waals surface area contributed by atoms with Gasteiger partial charge in [0.2, 0.25) is 0 Å². The van der Waals surface area contributed by atoms with Crippen LogP contribution in [-0.2, 0) is 0 Å². The molecule has 5 nitrogen and oxygen atoms in total. The van der Waals surface area contributed by atoms with Gasteiger partial charge in [0, 0.05) is 30.7 Å². The molecule has 6 heteroatoms. The van der Waals surface area contributed by atoms with Crippen molar-refractivity contribution < 1.29 is 4.79 Å². The van der Waals surface area contributed by atoms with Gasteiger partial charge in [-0.15, -0.1) is 0 Å². The number of hydrogen-bond acceptors (Lipinski definition) is 3. The Morgan fingerprint density at radius 2 is 1.70 bits per heavy atom. The summed E-state index contributed by atoms with van der Waals surface area (Å²) in [5.74, 6) is -0.0136. The van der Waals surface area contributed by atoms with Crippen LogP contribution < -0.4 is 16.0 Å². The maximum atomic E-state index is 12.5. The molecule has 0 aromatic heterocycles. The van der Waals surface area contributed by atoms with Gasteiger partial charge in [0.15, 0.2) is 5.11 Å². The molecule has 0 saturated heterocycles. The monoisotopic (exact) mass is 390 g/mol. The van der Waals surface area contributed by atoms with Crippen LogP contribution in [0.5, 0.6) is 0 Å². The summed E-state index contributed by atoms with van der Waals surface area (Å²) >= 11 is 5.53. The van der Waals surface area contributed by atoms with E-state index in [-0.39, 0.29) is 23.4 Å². The van der Waals surface area contributed by atoms with Crippen molar-refractivity contribution in [3.05, 3.63) is 35.9 Å². The Morgan fingerprint density at radius 3 is 2.30 bits per heavy atom. The molecule has 0 bridgehead atoms. The Labute approximate surface area is 169 Å². The van der Waals surface area contributed by atoms with Crippen LogP contribution >= 0.6 is 12.2 Å². The largest absolute Gasteiger partial charge is 0.362 e. The summed E-state index contributed by atoms with van der Waals surface area (Å²) in [7, 11) is 4.17. The van der Waals surface area contributed by atoms with Crippen molar-refractivity contribution in [3.8, 4) is 0 Å². The molecule has 27 heavy (non-hydrogen) atoms. The molecule has 3 N–H and O–H groups in total. The second kappa shape index (κ2) is 10.0. The van der Waals surface area contributed by atoms with E-state index in [1.165, 1.54) is 0 Å². The van der Waals surface area contributed by atoms with Gasteiger partial charge in [-0.05, 0) is 56.7 Å². The fraction of sp³-hybridized carbons (Fsp3) is 0.619. The SMILES string of the molecule is CN(C)CC(C)(C)CNC(=S)N[C@@H]1CCCC[C@H]1NC(=O)c1ccccc1. The van der Waals surface area contributed by atoms with Crippen molar-refractivity contribution in [1.82, 2.24) is 20.9 Å². The third kappa shape index (κ3) is 7.46. The molecule has 0 spiro atoms. The predicted octanol–water partition coefficient (Wildman–Crippen LogP) is 2.78. The number of hydrogen-bond donors (Lipinski definition) is 3. The fourth-order valence-electron chi connectivity index (χ4n) is 3.77. The summed E-state index contributed by atoms with van der Waals surface area (Å²) in [6.45, 7) is 6.25. The topological polar surface area (TPSA) is 56.4 Å².